The highest BCUT2D eigenvalue weighted by Crippen LogP contribution is 2.16. The molecule has 0 fully saturated rings. The van der Waals surface area contributed by atoms with Crippen molar-refractivity contribution in [3.05, 3.63) is 35.1 Å². The van der Waals surface area contributed by atoms with Crippen LogP contribution in [0.4, 0.5) is 4.39 Å². The molecule has 0 saturated heterocycles. The van der Waals surface area contributed by atoms with E-state index in [1.807, 2.05) is 19.9 Å². The summed E-state index contributed by atoms with van der Waals surface area (Å²) >= 11 is 0. The summed E-state index contributed by atoms with van der Waals surface area (Å²) in [7, 11) is 0. The van der Waals surface area contributed by atoms with Gasteiger partial charge < -0.3 is 5.11 Å². The zero-order valence-corrected chi connectivity index (χ0v) is 10.9. The van der Waals surface area contributed by atoms with Gasteiger partial charge in [-0.2, -0.15) is 0 Å². The molecular weight excluding hydrogens is 233 g/mol. The molecule has 18 heavy (non-hydrogen) atoms. The zero-order chi connectivity index (χ0) is 13.5. The highest BCUT2D eigenvalue weighted by molar-refractivity contribution is 5.69. The zero-order valence-electron chi connectivity index (χ0n) is 10.9. The van der Waals surface area contributed by atoms with Gasteiger partial charge in [-0.1, -0.05) is 26.0 Å². The van der Waals surface area contributed by atoms with E-state index in [-0.39, 0.29) is 12.4 Å². The van der Waals surface area contributed by atoms with Crippen LogP contribution in [0.15, 0.2) is 18.2 Å². The summed E-state index contributed by atoms with van der Waals surface area (Å²) in [5.74, 6) is -1.13. The van der Waals surface area contributed by atoms with E-state index >= 15 is 0 Å². The van der Waals surface area contributed by atoms with Crippen LogP contribution in [0.1, 0.15) is 31.4 Å². The maximum absolute atomic E-state index is 13.8. The first kappa shape index (κ1) is 14.6. The molecule has 1 aromatic rings. The topological polar surface area (TPSA) is 40.5 Å². The first-order valence-corrected chi connectivity index (χ1v) is 6.28. The lowest BCUT2D eigenvalue weighted by atomic mass is 10.0. The molecule has 0 aromatic heterocycles. The van der Waals surface area contributed by atoms with Crippen molar-refractivity contribution >= 4 is 5.97 Å². The van der Waals surface area contributed by atoms with E-state index in [9.17, 15) is 9.18 Å². The van der Waals surface area contributed by atoms with Crippen molar-refractivity contribution in [2.45, 2.75) is 33.2 Å². The van der Waals surface area contributed by atoms with E-state index in [1.54, 1.807) is 11.0 Å². The molecule has 0 amide bonds. The van der Waals surface area contributed by atoms with E-state index in [2.05, 4.69) is 0 Å². The molecule has 100 valence electrons. The Morgan fingerprint density at radius 2 is 2.11 bits per heavy atom. The van der Waals surface area contributed by atoms with E-state index in [0.29, 0.717) is 18.7 Å². The highest BCUT2D eigenvalue weighted by atomic mass is 19.1. The minimum atomic E-state index is -0.877. The Labute approximate surface area is 107 Å². The first-order valence-electron chi connectivity index (χ1n) is 6.28. The van der Waals surface area contributed by atoms with Gasteiger partial charge in [0, 0.05) is 12.1 Å². The number of carboxylic acid groups (broad SMARTS) is 1. The summed E-state index contributed by atoms with van der Waals surface area (Å²) in [5.41, 5.74) is 1.57. The van der Waals surface area contributed by atoms with Gasteiger partial charge in [-0.05, 0) is 31.0 Å². The van der Waals surface area contributed by atoms with E-state index in [1.165, 1.54) is 6.07 Å². The average molecular weight is 253 g/mol. The normalized spacial score (nSPS) is 10.9. The Hall–Kier alpha value is -1.42. The predicted molar refractivity (Wildman–Crippen MR) is 69.0 cm³/mol. The van der Waals surface area contributed by atoms with Crippen molar-refractivity contribution in [2.75, 3.05) is 13.1 Å². The Balaban J connectivity index is 2.88. The number of nitrogens with zero attached hydrogens (tertiary/aromatic N) is 1. The second kappa shape index (κ2) is 7.11. The fourth-order valence-electron chi connectivity index (χ4n) is 2.06. The molecular formula is C14H20FNO2. The third kappa shape index (κ3) is 4.11. The minimum Gasteiger partial charge on any atom is -0.480 e. The minimum absolute atomic E-state index is 0.0503. The lowest BCUT2D eigenvalue weighted by Crippen LogP contribution is -2.30. The van der Waals surface area contributed by atoms with Crippen LogP contribution in [0.2, 0.25) is 0 Å². The molecule has 0 unspecified atom stereocenters. The van der Waals surface area contributed by atoms with Crippen LogP contribution in [-0.4, -0.2) is 29.1 Å². The van der Waals surface area contributed by atoms with Crippen molar-refractivity contribution < 1.29 is 14.3 Å². The van der Waals surface area contributed by atoms with Gasteiger partial charge in [0.2, 0.25) is 0 Å². The molecule has 3 nitrogen and oxygen atoms in total. The molecule has 0 radical (unpaired) electrons. The monoisotopic (exact) mass is 253 g/mol. The smallest absolute Gasteiger partial charge is 0.317 e. The summed E-state index contributed by atoms with van der Waals surface area (Å²) in [6, 6.07) is 5.02. The van der Waals surface area contributed by atoms with Gasteiger partial charge in [0.1, 0.15) is 5.82 Å². The summed E-state index contributed by atoms with van der Waals surface area (Å²) in [6.07, 6.45) is 1.60. The molecule has 0 aliphatic rings. The van der Waals surface area contributed by atoms with Gasteiger partial charge in [0.15, 0.2) is 0 Å². The third-order valence-corrected chi connectivity index (χ3v) is 2.88. The maximum atomic E-state index is 13.8. The number of benzene rings is 1. The molecule has 0 aliphatic carbocycles. The van der Waals surface area contributed by atoms with Crippen molar-refractivity contribution in [1.82, 2.24) is 4.90 Å². The number of carbonyl (C=O) groups is 1. The lowest BCUT2D eigenvalue weighted by molar-refractivity contribution is -0.138. The van der Waals surface area contributed by atoms with Gasteiger partial charge >= 0.3 is 5.97 Å². The van der Waals surface area contributed by atoms with Crippen molar-refractivity contribution in [1.29, 1.82) is 0 Å². The van der Waals surface area contributed by atoms with Crippen molar-refractivity contribution in [3.63, 3.8) is 0 Å². The van der Waals surface area contributed by atoms with Crippen LogP contribution in [0.3, 0.4) is 0 Å². The van der Waals surface area contributed by atoms with Crippen LogP contribution in [0, 0.1) is 5.82 Å². The molecule has 1 N–H and O–H groups in total. The van der Waals surface area contributed by atoms with E-state index < -0.39 is 5.97 Å². The molecule has 4 heteroatoms. The number of rotatable bonds is 7. The van der Waals surface area contributed by atoms with Crippen LogP contribution in [0.25, 0.3) is 0 Å². The second-order valence-corrected chi connectivity index (χ2v) is 4.34. The van der Waals surface area contributed by atoms with Gasteiger partial charge in [-0.3, -0.25) is 9.69 Å². The summed E-state index contributed by atoms with van der Waals surface area (Å²) in [4.78, 5) is 12.5. The van der Waals surface area contributed by atoms with Crippen molar-refractivity contribution in [3.8, 4) is 0 Å². The summed E-state index contributed by atoms with van der Waals surface area (Å²) < 4.78 is 13.8. The lowest BCUT2D eigenvalue weighted by Gasteiger charge is -2.21. The molecule has 0 spiro atoms. The number of aliphatic carboxylic acids is 1. The van der Waals surface area contributed by atoms with Crippen LogP contribution in [0.5, 0.6) is 0 Å². The standard InChI is InChI=1S/C14H20FNO2/c1-3-8-16(10-14(17)18)9-12-11(4-2)6-5-7-13(12)15/h5-7H,3-4,8-10H2,1-2H3,(H,17,18). The molecule has 1 aromatic carbocycles. The fourth-order valence-corrected chi connectivity index (χ4v) is 2.06. The Morgan fingerprint density at radius 1 is 1.39 bits per heavy atom. The van der Waals surface area contributed by atoms with Gasteiger partial charge in [0.05, 0.1) is 6.54 Å². The Bertz CT molecular complexity index is 407. The molecule has 0 atom stereocenters. The Morgan fingerprint density at radius 3 is 2.67 bits per heavy atom. The molecule has 1 rings (SSSR count). The number of carboxylic acids is 1. The quantitative estimate of drug-likeness (QED) is 0.812. The summed E-state index contributed by atoms with van der Waals surface area (Å²) in [6.45, 7) is 4.92. The van der Waals surface area contributed by atoms with E-state index in [4.69, 9.17) is 5.11 Å². The Kier molecular flexibility index (Phi) is 5.78. The number of halogens is 1. The molecule has 0 aliphatic heterocycles. The molecule has 0 bridgehead atoms. The predicted octanol–water partition coefficient (Wildman–Crippen LogP) is 2.68. The second-order valence-electron chi connectivity index (χ2n) is 4.34. The largest absolute Gasteiger partial charge is 0.480 e. The summed E-state index contributed by atoms with van der Waals surface area (Å²) in [5, 5.41) is 8.85. The maximum Gasteiger partial charge on any atom is 0.317 e. The van der Waals surface area contributed by atoms with Gasteiger partial charge in [-0.25, -0.2) is 4.39 Å². The van der Waals surface area contributed by atoms with Crippen molar-refractivity contribution in [2.24, 2.45) is 0 Å². The fraction of sp³-hybridized carbons (Fsp3) is 0.500. The average Bonchev–Trinajstić information content (AvgIpc) is 2.31. The number of aryl methyl sites for hydroxylation is 1. The van der Waals surface area contributed by atoms with Crippen LogP contribution in [-0.2, 0) is 17.8 Å². The number of hydrogen-bond donors (Lipinski definition) is 1. The highest BCUT2D eigenvalue weighted by Gasteiger charge is 2.14. The van der Waals surface area contributed by atoms with Gasteiger partial charge in [0.25, 0.3) is 0 Å². The van der Waals surface area contributed by atoms with Crippen LogP contribution < -0.4 is 0 Å². The first-order chi connectivity index (χ1) is 8.58. The van der Waals surface area contributed by atoms with Gasteiger partial charge in [-0.15, -0.1) is 0 Å². The van der Waals surface area contributed by atoms with E-state index in [0.717, 1.165) is 18.4 Å². The molecule has 0 heterocycles. The molecule has 0 saturated carbocycles. The van der Waals surface area contributed by atoms with Crippen LogP contribution >= 0.6 is 0 Å². The third-order valence-electron chi connectivity index (χ3n) is 2.88. The number of hydrogen-bond acceptors (Lipinski definition) is 2. The SMILES string of the molecule is CCCN(CC(=O)O)Cc1c(F)cccc1CC.